The Kier molecular flexibility index (Phi) is 29.0. The highest BCUT2D eigenvalue weighted by molar-refractivity contribution is 7.52. The van der Waals surface area contributed by atoms with Gasteiger partial charge in [-0.05, 0) is 158 Å². The Morgan fingerprint density at radius 2 is 0.797 bits per heavy atom. The molecule has 15 N–H and O–H groups in total. The molecule has 0 saturated carbocycles. The maximum atomic E-state index is 14.3. The molecule has 3 aliphatic heterocycles. The lowest BCUT2D eigenvalue weighted by Crippen LogP contribution is -2.48. The zero-order chi connectivity index (χ0) is 89.0. The maximum Gasteiger partial charge on any atom is 0.459 e. The van der Waals surface area contributed by atoms with E-state index < -0.39 is 156 Å². The Morgan fingerprint density at radius 1 is 0.480 bits per heavy atom. The van der Waals surface area contributed by atoms with E-state index >= 15 is 0 Å². The van der Waals surface area contributed by atoms with Crippen LogP contribution in [0.5, 0.6) is 17.2 Å². The Hall–Kier alpha value is -11.3. The number of nitrogen functional groups attached to an aromatic ring is 3. The summed E-state index contributed by atoms with van der Waals surface area (Å²) in [5.41, 5.74) is 12.5. The topological polar surface area (TPSA) is 572 Å². The van der Waals surface area contributed by atoms with Gasteiger partial charge in [-0.15, -0.1) is 0 Å². The van der Waals surface area contributed by atoms with Crippen LogP contribution in [0.25, 0.3) is 16.6 Å². The molecule has 0 amide bonds. The lowest BCUT2D eigenvalue weighted by molar-refractivity contribution is -0.153. The number of aromatic nitrogens is 6. The van der Waals surface area contributed by atoms with Crippen molar-refractivity contribution in [3.05, 3.63) is 217 Å². The molecule has 13 rings (SSSR count). The number of nitrogens with zero attached hydrogens (tertiary/aromatic N) is 9. The van der Waals surface area contributed by atoms with Crippen LogP contribution in [0.2, 0.25) is 0 Å². The molecular formula is C81H94N15O24P3. The second-order valence-electron chi connectivity index (χ2n) is 29.6. The van der Waals surface area contributed by atoms with E-state index in [1.807, 2.05) is 24.3 Å². The van der Waals surface area contributed by atoms with Gasteiger partial charge in [-0.2, -0.15) is 46.3 Å². The van der Waals surface area contributed by atoms with Crippen molar-refractivity contribution in [2.24, 2.45) is 0 Å². The molecule has 4 aromatic carbocycles. The highest BCUT2D eigenvalue weighted by Crippen LogP contribution is 2.52. The molecule has 39 nitrogen and oxygen atoms in total. The number of anilines is 3. The number of ether oxygens (including phenoxy) is 6. The molecule has 3 saturated heterocycles. The third-order valence-corrected chi connectivity index (χ3v) is 24.7. The normalized spacial score (nSPS) is 24.2. The van der Waals surface area contributed by atoms with Crippen molar-refractivity contribution in [3.63, 3.8) is 0 Å². The van der Waals surface area contributed by atoms with Crippen LogP contribution in [-0.2, 0) is 93.3 Å². The third kappa shape index (κ3) is 20.3. The predicted molar refractivity (Wildman–Crippen MR) is 439 cm³/mol. The van der Waals surface area contributed by atoms with Crippen LogP contribution in [0.3, 0.4) is 0 Å². The summed E-state index contributed by atoms with van der Waals surface area (Å²) in [7, 11) is -13.1. The highest BCUT2D eigenvalue weighted by Gasteiger charge is 2.61. The molecule has 3 fully saturated rings. The van der Waals surface area contributed by atoms with Crippen molar-refractivity contribution < 1.29 is 114 Å². The van der Waals surface area contributed by atoms with Gasteiger partial charge in [0.05, 0.1) is 89.8 Å². The average molecular weight is 1750 g/mol. The van der Waals surface area contributed by atoms with Gasteiger partial charge in [-0.25, -0.2) is 27.2 Å². The minimum atomic E-state index is -4.41. The van der Waals surface area contributed by atoms with Gasteiger partial charge >= 0.3 is 41.1 Å². The smallest absolute Gasteiger partial charge is 0.459 e. The Balaban J connectivity index is 0.000000180. The Morgan fingerprint density at radius 3 is 1.12 bits per heavy atom. The van der Waals surface area contributed by atoms with Crippen molar-refractivity contribution >= 4 is 74.8 Å². The van der Waals surface area contributed by atoms with Crippen molar-refractivity contribution in [1.82, 2.24) is 44.1 Å². The summed E-state index contributed by atoms with van der Waals surface area (Å²) in [5.74, 6) is -1.56. The number of rotatable bonds is 32. The lowest BCUT2D eigenvalue weighted by Gasteiger charge is -2.30. The summed E-state index contributed by atoms with van der Waals surface area (Å²) < 4.78 is 113. The standard InChI is InChI=1S/C30H32N5O8P.C26H32N5O8P.C25H30N5O8P/c1-2-40-29(38)23(17-20-9-5-3-6-10-20)34-44(39,43-21-11-7-4-8-12-21)41-18-25-27(36)28(37)30(19-31,42-25)26-14-13-24-22(32)15-16-33-35(24)26;1-16(2)37-24(34)25(3,4)30-40(35,39-17-8-6-5-7-9-17)36-14-20-22(32)23(33)26(15-27,38-20)21-11-10-19-18(28)12-13-29-31(19)21;1-4-35-23(33)24(2,3)29-39(34,38-16-8-6-5-7-9-16)36-14-19-21(31)22(32)25(15-26,37-19)20-11-10-18-17(27)12-13-28-30(18)20/h3-16,23,25,27-28,36-37H,2,17-18,32H2,1H3,(H,34,39);5-13,16,20,22-23,32-33H,14,28H2,1-4H3,(H,30,35);5-13,19,21-22,31-32H,4,14,27H2,1-3H3,(H,29,34)/t23-,25+,27+,28+,30-,44?;20-,22-,23-,26+,40?;19-,21-,22-,25+,39?/m011/s1. The molecule has 123 heavy (non-hydrogen) atoms. The Bertz CT molecular complexity index is 5640. The van der Waals surface area contributed by atoms with Gasteiger partial charge in [-0.3, -0.25) is 28.0 Å². The number of para-hydroxylation sites is 3. The number of nitrogens with one attached hydrogen (secondary N) is 3. The van der Waals surface area contributed by atoms with E-state index in [-0.39, 0.29) is 54.0 Å². The SMILES string of the molecule is CC(C)OC(=O)C(C)(C)NP(=O)(OC[C@H]1O[C@@](C#N)(c2ccc3c(N)ccnn23)[C@H](O)[C@@H]1O)Oc1ccccc1.CCOC(=O)C(C)(C)NP(=O)(OC[C@H]1O[C@@](C#N)(c2ccc3c(N)ccnn23)[C@H](O)[C@@H]1O)Oc1ccccc1.CCOC(=O)[C@H](Cc1ccccc1)NP(=O)(OC[C@H]1O[C@@](C#N)(c2ccc3c(N)ccnn23)[C@H](O)[C@@H]1O)Oc1ccccc1. The van der Waals surface area contributed by atoms with Crippen LogP contribution in [-0.4, -0.2) is 189 Å². The predicted octanol–water partition coefficient (Wildman–Crippen LogP) is 6.89. The number of hydrogen-bond donors (Lipinski definition) is 12. The largest absolute Gasteiger partial charge is 0.465 e. The van der Waals surface area contributed by atoms with Gasteiger partial charge in [0.1, 0.15) is 108 Å². The van der Waals surface area contributed by atoms with E-state index in [1.54, 1.807) is 167 Å². The van der Waals surface area contributed by atoms with Crippen molar-refractivity contribution in [1.29, 1.82) is 15.8 Å². The van der Waals surface area contributed by atoms with E-state index in [9.17, 15) is 74.5 Å². The highest BCUT2D eigenvalue weighted by atomic mass is 31.2. The molecule has 0 bridgehead atoms. The van der Waals surface area contributed by atoms with Gasteiger partial charge in [0, 0.05) is 18.6 Å². The molecule has 0 radical (unpaired) electrons. The first kappa shape index (κ1) is 92.4. The minimum Gasteiger partial charge on any atom is -0.465 e. The van der Waals surface area contributed by atoms with Crippen LogP contribution in [0.4, 0.5) is 17.1 Å². The summed E-state index contributed by atoms with van der Waals surface area (Å²) in [6.07, 6.45) is -10.2. The number of hydrogen-bond acceptors (Lipinski definition) is 33. The van der Waals surface area contributed by atoms with Crippen LogP contribution < -0.4 is 46.0 Å². The molecule has 6 aromatic heterocycles. The van der Waals surface area contributed by atoms with Crippen LogP contribution >= 0.6 is 23.2 Å². The van der Waals surface area contributed by atoms with Crippen molar-refractivity contribution in [2.75, 3.05) is 50.2 Å². The molecule has 0 spiro atoms. The molecule has 3 unspecified atom stereocenters. The van der Waals surface area contributed by atoms with Gasteiger partial charge < -0.3 is 89.8 Å². The second-order valence-corrected chi connectivity index (χ2v) is 34.6. The fourth-order valence-electron chi connectivity index (χ4n) is 13.4. The maximum absolute atomic E-state index is 14.3. The molecule has 16 atom stereocenters. The van der Waals surface area contributed by atoms with Crippen molar-refractivity contribution in [3.8, 4) is 35.5 Å². The summed E-state index contributed by atoms with van der Waals surface area (Å²) in [5, 5.41) is 117. The zero-order valence-corrected chi connectivity index (χ0v) is 70.4. The summed E-state index contributed by atoms with van der Waals surface area (Å²) in [4.78, 5) is 38.1. The summed E-state index contributed by atoms with van der Waals surface area (Å²) >= 11 is 0. The van der Waals surface area contributed by atoms with Gasteiger partial charge in [0.15, 0.2) is 0 Å². The van der Waals surface area contributed by atoms with E-state index in [2.05, 4.69) is 30.6 Å². The number of fused-ring (bicyclic) bond motifs is 3. The first-order valence-electron chi connectivity index (χ1n) is 38.4. The number of nitriles is 3. The molecule has 652 valence electrons. The molecule has 3 aliphatic rings. The summed E-state index contributed by atoms with van der Waals surface area (Å²) in [6, 6.07) is 52.2. The van der Waals surface area contributed by atoms with Gasteiger partial charge in [0.25, 0.3) is 0 Å². The lowest BCUT2D eigenvalue weighted by atomic mass is 9.92. The number of aliphatic hydroxyl groups excluding tert-OH is 6. The van der Waals surface area contributed by atoms with Crippen molar-refractivity contribution in [2.45, 2.75) is 157 Å². The zero-order valence-electron chi connectivity index (χ0n) is 67.7. The fourth-order valence-corrected chi connectivity index (χ4v) is 18.3. The van der Waals surface area contributed by atoms with Gasteiger partial charge in [-0.1, -0.05) is 84.9 Å². The number of nitrogens with two attached hydrogens (primary N) is 3. The quantitative estimate of drug-likeness (QED) is 0.0116. The fraction of sp³-hybridized carbons (Fsp3) is 0.370. The number of aliphatic hydroxyl groups is 6. The average Bonchev–Trinajstić information content (AvgIpc) is 1.59. The van der Waals surface area contributed by atoms with Gasteiger partial charge in [0.2, 0.25) is 16.8 Å². The van der Waals surface area contributed by atoms with Crippen LogP contribution in [0.1, 0.15) is 78.0 Å². The second kappa shape index (κ2) is 38.6. The van der Waals surface area contributed by atoms with E-state index in [0.717, 1.165) is 5.56 Å². The summed E-state index contributed by atoms with van der Waals surface area (Å²) in [6.45, 7) is 10.8. The number of esters is 3. The number of carbonyl (C=O) groups is 3. The Labute approximate surface area is 705 Å². The molecule has 0 aliphatic carbocycles. The first-order valence-corrected chi connectivity index (χ1v) is 43.1. The van der Waals surface area contributed by atoms with E-state index in [0.29, 0.717) is 33.6 Å². The third-order valence-electron chi connectivity index (χ3n) is 19.5. The van der Waals surface area contributed by atoms with Crippen LogP contribution in [0, 0.1) is 34.0 Å². The minimum absolute atomic E-state index is 0.0850. The first-order chi connectivity index (χ1) is 58.5. The monoisotopic (exact) mass is 1750 g/mol. The molecule has 42 heteroatoms. The van der Waals surface area contributed by atoms with E-state index in [4.69, 9.17) is 72.8 Å². The number of carbonyl (C=O) groups excluding carboxylic acids is 3. The molecular weight excluding hydrogens is 1660 g/mol. The number of benzene rings is 4. The molecule has 9 heterocycles. The molecule has 10 aromatic rings. The van der Waals surface area contributed by atoms with E-state index in [1.165, 1.54) is 90.2 Å². The van der Waals surface area contributed by atoms with Crippen LogP contribution in [0.15, 0.2) is 195 Å².